The molecule has 5 heteroatoms. The van der Waals surface area contributed by atoms with Gasteiger partial charge in [-0.25, -0.2) is 0 Å². The molecule has 2 atom stereocenters. The van der Waals surface area contributed by atoms with Crippen LogP contribution in [0.4, 0.5) is 0 Å². The van der Waals surface area contributed by atoms with Crippen LogP contribution >= 0.6 is 15.9 Å². The van der Waals surface area contributed by atoms with Gasteiger partial charge in [0, 0.05) is 0 Å². The van der Waals surface area contributed by atoms with E-state index in [0.717, 1.165) is 0 Å². The Morgan fingerprint density at radius 1 is 1.39 bits per heavy atom. The molecule has 0 aromatic heterocycles. The number of aliphatic hydroxyl groups is 1. The van der Waals surface area contributed by atoms with Crippen LogP contribution in [0.1, 0.15) is 25.5 Å². The smallest absolute Gasteiger partial charge is 0.309 e. The maximum absolute atomic E-state index is 11.2. The number of carboxylic acid groups (broad SMARTS) is 1. The number of ether oxygens (including phenoxy) is 1. The summed E-state index contributed by atoms with van der Waals surface area (Å²) < 4.78 is 5.78. The summed E-state index contributed by atoms with van der Waals surface area (Å²) in [6.07, 6.45) is -1.04. The van der Waals surface area contributed by atoms with Crippen molar-refractivity contribution in [1.29, 1.82) is 0 Å². The van der Waals surface area contributed by atoms with Crippen LogP contribution < -0.4 is 4.74 Å². The third-order valence-electron chi connectivity index (χ3n) is 2.86. The van der Waals surface area contributed by atoms with E-state index in [0.29, 0.717) is 15.8 Å². The summed E-state index contributed by atoms with van der Waals surface area (Å²) in [6.45, 7) is 3.56. The van der Waals surface area contributed by atoms with E-state index in [2.05, 4.69) is 15.9 Å². The zero-order valence-electron chi connectivity index (χ0n) is 10.6. The number of carboxylic acids is 1. The predicted molar refractivity (Wildman–Crippen MR) is 71.6 cm³/mol. The van der Waals surface area contributed by atoms with Crippen LogP contribution in [0.3, 0.4) is 0 Å². The molecule has 1 aromatic carbocycles. The largest absolute Gasteiger partial charge is 0.496 e. The fourth-order valence-electron chi connectivity index (χ4n) is 1.86. The molecule has 18 heavy (non-hydrogen) atoms. The Bertz CT molecular complexity index is 431. The fourth-order valence-corrected chi connectivity index (χ4v) is 2.42. The van der Waals surface area contributed by atoms with Gasteiger partial charge >= 0.3 is 5.97 Å². The maximum atomic E-state index is 11.2. The topological polar surface area (TPSA) is 66.8 Å². The molecular formula is C13H17BrO4. The number of hydrogen-bond donors (Lipinski definition) is 2. The van der Waals surface area contributed by atoms with Crippen molar-refractivity contribution in [3.63, 3.8) is 0 Å². The Kier molecular flexibility index (Phi) is 5.16. The molecule has 0 aliphatic heterocycles. The number of aliphatic hydroxyl groups excluding tert-OH is 1. The summed E-state index contributed by atoms with van der Waals surface area (Å²) in [6, 6.07) is 5.05. The second-order valence-corrected chi connectivity index (χ2v) is 5.30. The molecule has 100 valence electrons. The van der Waals surface area contributed by atoms with Gasteiger partial charge in [-0.05, 0) is 39.5 Å². The molecule has 0 saturated carbocycles. The minimum absolute atomic E-state index is 0.154. The van der Waals surface area contributed by atoms with Gasteiger partial charge in [-0.2, -0.15) is 0 Å². The minimum Gasteiger partial charge on any atom is -0.496 e. The zero-order valence-corrected chi connectivity index (χ0v) is 12.1. The van der Waals surface area contributed by atoms with Crippen LogP contribution in [0.15, 0.2) is 22.7 Å². The molecule has 0 aliphatic rings. The lowest BCUT2D eigenvalue weighted by Crippen LogP contribution is -2.26. The van der Waals surface area contributed by atoms with Gasteiger partial charge in [0.2, 0.25) is 0 Å². The maximum Gasteiger partial charge on any atom is 0.309 e. The highest BCUT2D eigenvalue weighted by molar-refractivity contribution is 9.10. The molecular weight excluding hydrogens is 300 g/mol. The lowest BCUT2D eigenvalue weighted by Gasteiger charge is -2.23. The van der Waals surface area contributed by atoms with Crippen molar-refractivity contribution in [1.82, 2.24) is 0 Å². The van der Waals surface area contributed by atoms with Gasteiger partial charge in [0.05, 0.1) is 23.6 Å². The SMILES string of the molecule is COc1ccc(C(O)C(C(=O)O)C(C)C)cc1Br. The van der Waals surface area contributed by atoms with E-state index >= 15 is 0 Å². The number of carbonyl (C=O) groups is 1. The molecule has 1 rings (SSSR count). The molecule has 0 heterocycles. The summed E-state index contributed by atoms with van der Waals surface area (Å²) in [5, 5.41) is 19.3. The Balaban J connectivity index is 3.05. The molecule has 0 spiro atoms. The lowest BCUT2D eigenvalue weighted by molar-refractivity contribution is -0.148. The molecule has 2 N–H and O–H groups in total. The first-order chi connectivity index (χ1) is 8.38. The van der Waals surface area contributed by atoms with Gasteiger partial charge in [-0.1, -0.05) is 19.9 Å². The first-order valence-electron chi connectivity index (χ1n) is 5.62. The first-order valence-corrected chi connectivity index (χ1v) is 6.42. The van der Waals surface area contributed by atoms with E-state index in [1.54, 1.807) is 39.2 Å². The van der Waals surface area contributed by atoms with Crippen molar-refractivity contribution in [2.45, 2.75) is 20.0 Å². The van der Waals surface area contributed by atoms with E-state index < -0.39 is 18.0 Å². The zero-order chi connectivity index (χ0) is 13.9. The monoisotopic (exact) mass is 316 g/mol. The summed E-state index contributed by atoms with van der Waals surface area (Å²) in [4.78, 5) is 11.2. The molecule has 0 radical (unpaired) electrons. The van der Waals surface area contributed by atoms with Gasteiger partial charge in [0.25, 0.3) is 0 Å². The van der Waals surface area contributed by atoms with E-state index in [-0.39, 0.29) is 5.92 Å². The Morgan fingerprint density at radius 3 is 2.39 bits per heavy atom. The van der Waals surface area contributed by atoms with E-state index in [1.165, 1.54) is 0 Å². The molecule has 0 fully saturated rings. The van der Waals surface area contributed by atoms with Gasteiger partial charge in [-0.3, -0.25) is 4.79 Å². The highest BCUT2D eigenvalue weighted by atomic mass is 79.9. The van der Waals surface area contributed by atoms with Crippen LogP contribution in [-0.4, -0.2) is 23.3 Å². The molecule has 2 unspecified atom stereocenters. The summed E-state index contributed by atoms with van der Waals surface area (Å²) in [7, 11) is 1.55. The van der Waals surface area contributed by atoms with Crippen molar-refractivity contribution in [3.05, 3.63) is 28.2 Å². The molecule has 1 aromatic rings. The fraction of sp³-hybridized carbons (Fsp3) is 0.462. The Morgan fingerprint density at radius 2 is 2.00 bits per heavy atom. The molecule has 0 aliphatic carbocycles. The Hall–Kier alpha value is -1.07. The summed E-state index contributed by atoms with van der Waals surface area (Å²) >= 11 is 3.32. The molecule has 0 saturated heterocycles. The van der Waals surface area contributed by atoms with Crippen LogP contribution in [0, 0.1) is 11.8 Å². The normalized spacial score (nSPS) is 14.3. The average molecular weight is 317 g/mol. The number of hydrogen-bond acceptors (Lipinski definition) is 3. The minimum atomic E-state index is -1.04. The van der Waals surface area contributed by atoms with E-state index in [9.17, 15) is 9.90 Å². The number of benzene rings is 1. The summed E-state index contributed by atoms with van der Waals surface area (Å²) in [5.74, 6) is -1.34. The van der Waals surface area contributed by atoms with Crippen molar-refractivity contribution in [2.75, 3.05) is 7.11 Å². The average Bonchev–Trinajstić information content (AvgIpc) is 2.27. The van der Waals surface area contributed by atoms with Crippen LogP contribution in [0.5, 0.6) is 5.75 Å². The van der Waals surface area contributed by atoms with Crippen molar-refractivity contribution >= 4 is 21.9 Å². The van der Waals surface area contributed by atoms with Crippen LogP contribution in [0.2, 0.25) is 0 Å². The second kappa shape index (κ2) is 6.20. The number of aliphatic carboxylic acids is 1. The van der Waals surface area contributed by atoms with Crippen LogP contribution in [-0.2, 0) is 4.79 Å². The highest BCUT2D eigenvalue weighted by Gasteiger charge is 2.30. The summed E-state index contributed by atoms with van der Waals surface area (Å²) in [5.41, 5.74) is 0.559. The number of methoxy groups -OCH3 is 1. The van der Waals surface area contributed by atoms with Gasteiger partial charge < -0.3 is 14.9 Å². The second-order valence-electron chi connectivity index (χ2n) is 4.45. The lowest BCUT2D eigenvalue weighted by atomic mass is 9.86. The van der Waals surface area contributed by atoms with Crippen molar-refractivity contribution in [3.8, 4) is 5.75 Å². The standard InChI is InChI=1S/C13H17BrO4/c1-7(2)11(13(16)17)12(15)8-4-5-10(18-3)9(14)6-8/h4-7,11-12,15H,1-3H3,(H,16,17). The predicted octanol–water partition coefficient (Wildman–Crippen LogP) is 2.85. The molecule has 0 bridgehead atoms. The third-order valence-corrected chi connectivity index (χ3v) is 3.48. The molecule has 4 nitrogen and oxygen atoms in total. The Labute approximate surface area is 115 Å². The van der Waals surface area contributed by atoms with Crippen molar-refractivity contribution in [2.24, 2.45) is 11.8 Å². The van der Waals surface area contributed by atoms with Crippen LogP contribution in [0.25, 0.3) is 0 Å². The van der Waals surface area contributed by atoms with E-state index in [1.807, 2.05) is 0 Å². The third kappa shape index (κ3) is 3.23. The van der Waals surface area contributed by atoms with Gasteiger partial charge in [-0.15, -0.1) is 0 Å². The van der Waals surface area contributed by atoms with Gasteiger partial charge in [0.1, 0.15) is 5.75 Å². The first kappa shape index (κ1) is 15.0. The van der Waals surface area contributed by atoms with Crippen molar-refractivity contribution < 1.29 is 19.7 Å². The molecule has 0 amide bonds. The van der Waals surface area contributed by atoms with Gasteiger partial charge in [0.15, 0.2) is 0 Å². The van der Waals surface area contributed by atoms with E-state index in [4.69, 9.17) is 9.84 Å². The number of rotatable bonds is 5. The number of halogens is 1. The quantitative estimate of drug-likeness (QED) is 0.876. The highest BCUT2D eigenvalue weighted by Crippen LogP contribution is 2.33.